The van der Waals surface area contributed by atoms with Crippen molar-refractivity contribution in [3.8, 4) is 28.8 Å². The highest BCUT2D eigenvalue weighted by molar-refractivity contribution is 5.93. The number of fused-ring (bicyclic) bond motifs is 1. The van der Waals surface area contributed by atoms with Gasteiger partial charge in [0, 0.05) is 49.9 Å². The molecule has 4 N–H and O–H groups in total. The second-order valence-corrected chi connectivity index (χ2v) is 10.6. The summed E-state index contributed by atoms with van der Waals surface area (Å²) < 4.78 is 1.54. The van der Waals surface area contributed by atoms with Crippen LogP contribution >= 0.6 is 0 Å². The van der Waals surface area contributed by atoms with Gasteiger partial charge >= 0.3 is 0 Å². The van der Waals surface area contributed by atoms with Crippen LogP contribution in [0.25, 0.3) is 16.9 Å². The van der Waals surface area contributed by atoms with E-state index >= 15 is 0 Å². The summed E-state index contributed by atoms with van der Waals surface area (Å²) in [6.07, 6.45) is 5.05. The Morgan fingerprint density at radius 1 is 1.09 bits per heavy atom. The predicted molar refractivity (Wildman–Crippen MR) is 161 cm³/mol. The van der Waals surface area contributed by atoms with E-state index in [1.807, 2.05) is 18.2 Å². The number of rotatable bonds is 5. The molecule has 1 saturated heterocycles. The van der Waals surface area contributed by atoms with Crippen molar-refractivity contribution in [3.05, 3.63) is 78.6 Å². The number of hydrogen-bond donors (Lipinski definition) is 3. The number of aromatic hydroxyl groups is 1. The Hall–Kier alpha value is -5.77. The number of nitrogens with zero attached hydrogens (tertiary/aromatic N) is 9. The van der Waals surface area contributed by atoms with Crippen molar-refractivity contribution in [3.63, 3.8) is 0 Å². The molecule has 1 fully saturated rings. The summed E-state index contributed by atoms with van der Waals surface area (Å²) in [5.74, 6) is 7.07. The smallest absolute Gasteiger partial charge is 0.272 e. The van der Waals surface area contributed by atoms with Crippen LogP contribution in [0.3, 0.4) is 0 Å². The van der Waals surface area contributed by atoms with Gasteiger partial charge < -0.3 is 26.0 Å². The average Bonchev–Trinajstić information content (AvgIpc) is 3.45. The number of benzene rings is 1. The first-order chi connectivity index (χ1) is 20.8. The fraction of sp³-hybridized carbons (Fsp3) is 0.233. The molecule has 13 nitrogen and oxygen atoms in total. The summed E-state index contributed by atoms with van der Waals surface area (Å²) in [6, 6.07) is 14.1. The number of hydrogen-bond acceptors (Lipinski definition) is 11. The average molecular weight is 576 g/mol. The number of carbonyl (C=O) groups excluding carboxylic acids is 1. The van der Waals surface area contributed by atoms with Crippen molar-refractivity contribution < 1.29 is 9.90 Å². The number of nitrogens with two attached hydrogens (primary N) is 1. The summed E-state index contributed by atoms with van der Waals surface area (Å²) in [4.78, 5) is 29.9. The van der Waals surface area contributed by atoms with Gasteiger partial charge in [-0.2, -0.15) is 5.10 Å². The van der Waals surface area contributed by atoms with Gasteiger partial charge in [-0.1, -0.05) is 18.1 Å². The normalized spacial score (nSPS) is 14.3. The largest absolute Gasteiger partial charge is 0.507 e. The van der Waals surface area contributed by atoms with Gasteiger partial charge in [-0.25, -0.2) is 19.5 Å². The van der Waals surface area contributed by atoms with Crippen LogP contribution in [0.1, 0.15) is 30.2 Å². The van der Waals surface area contributed by atoms with Gasteiger partial charge in [0.05, 0.1) is 23.5 Å². The molecule has 0 aliphatic carbocycles. The number of nitrogen functional groups attached to an aromatic ring is 1. The third kappa shape index (κ3) is 5.71. The Kier molecular flexibility index (Phi) is 7.17. The number of phenols is 1. The van der Waals surface area contributed by atoms with Crippen molar-refractivity contribution in [1.82, 2.24) is 40.1 Å². The van der Waals surface area contributed by atoms with Gasteiger partial charge in [-0.3, -0.25) is 4.79 Å². The molecule has 1 aliphatic heterocycles. The molecule has 0 unspecified atom stereocenters. The lowest BCUT2D eigenvalue weighted by Crippen LogP contribution is -2.60. The number of para-hydroxylation sites is 1. The molecule has 13 heteroatoms. The van der Waals surface area contributed by atoms with Gasteiger partial charge in [0.2, 0.25) is 5.82 Å². The van der Waals surface area contributed by atoms with Crippen LogP contribution in [0, 0.1) is 11.8 Å². The van der Waals surface area contributed by atoms with Gasteiger partial charge in [-0.15, -0.1) is 10.2 Å². The highest BCUT2D eigenvalue weighted by Gasteiger charge is 2.36. The number of aromatic nitrogens is 7. The maximum absolute atomic E-state index is 12.5. The van der Waals surface area contributed by atoms with Crippen molar-refractivity contribution in [1.29, 1.82) is 0 Å². The third-order valence-electron chi connectivity index (χ3n) is 7.15. The minimum absolute atomic E-state index is 0.115. The monoisotopic (exact) mass is 575 g/mol. The molecule has 0 spiro atoms. The number of piperazine rings is 1. The first kappa shape index (κ1) is 27.4. The molecular weight excluding hydrogens is 546 g/mol. The van der Waals surface area contributed by atoms with Crippen molar-refractivity contribution in [2.75, 3.05) is 41.7 Å². The molecule has 1 amide bonds. The van der Waals surface area contributed by atoms with Crippen LogP contribution in [0.5, 0.6) is 5.75 Å². The first-order valence-electron chi connectivity index (χ1n) is 13.6. The Balaban J connectivity index is 1.12. The van der Waals surface area contributed by atoms with Crippen LogP contribution in [0.15, 0.2) is 67.1 Å². The summed E-state index contributed by atoms with van der Waals surface area (Å²) >= 11 is 0. The number of anilines is 3. The molecule has 5 heterocycles. The van der Waals surface area contributed by atoms with E-state index in [2.05, 4.69) is 71.1 Å². The van der Waals surface area contributed by atoms with Gasteiger partial charge in [-0.05, 0) is 50.1 Å². The van der Waals surface area contributed by atoms with Crippen molar-refractivity contribution in [2.24, 2.45) is 0 Å². The summed E-state index contributed by atoms with van der Waals surface area (Å²) in [5.41, 5.74) is 8.69. The molecule has 6 rings (SSSR count). The minimum Gasteiger partial charge on any atom is -0.507 e. The number of nitrogens with one attached hydrogen (secondary N) is 1. The highest BCUT2D eigenvalue weighted by atomic mass is 16.3. The van der Waals surface area contributed by atoms with E-state index in [0.717, 1.165) is 11.5 Å². The topological polar surface area (TPSA) is 164 Å². The Morgan fingerprint density at radius 3 is 2.77 bits per heavy atom. The van der Waals surface area contributed by atoms with E-state index in [-0.39, 0.29) is 29.4 Å². The van der Waals surface area contributed by atoms with Crippen LogP contribution in [0.4, 0.5) is 17.3 Å². The van der Waals surface area contributed by atoms with Crippen LogP contribution < -0.4 is 20.9 Å². The summed E-state index contributed by atoms with van der Waals surface area (Å²) in [7, 11) is 0. The Bertz CT molecular complexity index is 1840. The lowest BCUT2D eigenvalue weighted by atomic mass is 9.97. The van der Waals surface area contributed by atoms with Crippen LogP contribution in [0.2, 0.25) is 0 Å². The molecule has 216 valence electrons. The van der Waals surface area contributed by atoms with Crippen LogP contribution in [-0.2, 0) is 0 Å². The number of phenolic OH excluding ortho intramolecular Hbond substituents is 1. The zero-order valence-electron chi connectivity index (χ0n) is 23.6. The maximum atomic E-state index is 12.5. The fourth-order valence-electron chi connectivity index (χ4n) is 5.09. The first-order valence-corrected chi connectivity index (χ1v) is 13.6. The summed E-state index contributed by atoms with van der Waals surface area (Å²) in [5, 5.41) is 25.7. The zero-order valence-corrected chi connectivity index (χ0v) is 23.6. The molecule has 0 saturated carbocycles. The Labute approximate surface area is 247 Å². The molecule has 1 aromatic carbocycles. The molecule has 0 radical (unpaired) electrons. The predicted octanol–water partition coefficient (Wildman–Crippen LogP) is 2.15. The lowest BCUT2D eigenvalue weighted by molar-refractivity contribution is 0.0953. The van der Waals surface area contributed by atoms with Crippen molar-refractivity contribution in [2.45, 2.75) is 19.4 Å². The van der Waals surface area contributed by atoms with E-state index < -0.39 is 0 Å². The fourth-order valence-corrected chi connectivity index (χ4v) is 5.09. The van der Waals surface area contributed by atoms with Crippen LogP contribution in [-0.4, -0.2) is 77.5 Å². The van der Waals surface area contributed by atoms with Crippen molar-refractivity contribution >= 4 is 28.9 Å². The number of carbonyl (C=O) groups is 1. The Morgan fingerprint density at radius 2 is 1.95 bits per heavy atom. The molecule has 4 aromatic heterocycles. The van der Waals surface area contributed by atoms with Gasteiger partial charge in [0.1, 0.15) is 11.6 Å². The molecule has 5 aromatic rings. The van der Waals surface area contributed by atoms with E-state index in [9.17, 15) is 9.90 Å². The number of amides is 1. The zero-order chi connectivity index (χ0) is 30.0. The standard InChI is InChI=1S/C30H29N11O2/c1-30(2)19-39(15-16-40(30)23-17-21(36-37-28(23)31)20-7-3-4-8-24(20)42)26-10-13-32-25(35-26)9-5-11-34-29(43)22-18-27-33-12-6-14-41(27)38-22/h3-4,6-8,10,12-14,17-18,42H,11,15-16,19H2,1-2H3,(H2,31,37)(H,34,43). The maximum Gasteiger partial charge on any atom is 0.272 e. The second kappa shape index (κ2) is 11.2. The second-order valence-electron chi connectivity index (χ2n) is 10.6. The molecule has 43 heavy (non-hydrogen) atoms. The molecule has 0 bridgehead atoms. The third-order valence-corrected chi connectivity index (χ3v) is 7.15. The SMILES string of the molecule is CC1(C)CN(c2ccnc(C#CCNC(=O)c3cc4ncccn4n3)n2)CCN1c1cc(-c2ccccc2O)nnc1N. The van der Waals surface area contributed by atoms with Gasteiger partial charge in [0.15, 0.2) is 17.2 Å². The summed E-state index contributed by atoms with van der Waals surface area (Å²) in [6.45, 7) is 6.34. The highest BCUT2D eigenvalue weighted by Crippen LogP contribution is 2.36. The van der Waals surface area contributed by atoms with Gasteiger partial charge in [0.25, 0.3) is 5.91 Å². The van der Waals surface area contributed by atoms with E-state index in [4.69, 9.17) is 5.73 Å². The van der Waals surface area contributed by atoms with E-state index in [1.165, 1.54) is 4.52 Å². The molecular formula is C30H29N11O2. The van der Waals surface area contributed by atoms with E-state index in [1.54, 1.807) is 48.9 Å². The quantitative estimate of drug-likeness (QED) is 0.263. The molecule has 1 aliphatic rings. The minimum atomic E-state index is -0.347. The molecule has 0 atom stereocenters. The lowest BCUT2D eigenvalue weighted by Gasteiger charge is -2.48. The van der Waals surface area contributed by atoms with E-state index in [0.29, 0.717) is 48.2 Å².